The van der Waals surface area contributed by atoms with Crippen molar-refractivity contribution in [1.82, 2.24) is 10.6 Å². The standard InChI is InChI=1S/C43H80N4O9/c1-8-9-22-28-40(56-42(52)36-46(4,5)32-34-54-37(2)48)39(50)27-23-18-14-10-11-15-19-24-29-41(51)44-30-25-20-16-12-13-17-21-26-31-45-43(53)47(6,7)33-35-55-38(3)49/h18,23,39-40,50H,8-17,19-22,24-36H2,1-7H3/p+2. The van der Waals surface area contributed by atoms with Crippen LogP contribution in [0.15, 0.2) is 12.2 Å². The van der Waals surface area contributed by atoms with Crippen molar-refractivity contribution in [2.45, 2.75) is 161 Å². The second-order valence-electron chi connectivity index (χ2n) is 16.4. The smallest absolute Gasteiger partial charge is 0.416 e. The highest BCUT2D eigenvalue weighted by molar-refractivity contribution is 5.75. The molecule has 56 heavy (non-hydrogen) atoms. The van der Waals surface area contributed by atoms with Crippen LogP contribution < -0.4 is 10.6 Å². The molecular weight excluding hydrogens is 716 g/mol. The first-order chi connectivity index (χ1) is 26.6. The fraction of sp³-hybridized carbons (Fsp3) is 0.837. The van der Waals surface area contributed by atoms with Gasteiger partial charge in [-0.15, -0.1) is 0 Å². The van der Waals surface area contributed by atoms with E-state index in [-0.39, 0.29) is 54.1 Å². The zero-order valence-corrected chi connectivity index (χ0v) is 36.5. The lowest BCUT2D eigenvalue weighted by molar-refractivity contribution is -0.883. The van der Waals surface area contributed by atoms with E-state index in [9.17, 15) is 29.1 Å². The quantitative estimate of drug-likeness (QED) is 0.0208. The summed E-state index contributed by atoms with van der Waals surface area (Å²) >= 11 is 0. The molecule has 0 saturated heterocycles. The SMILES string of the molecule is CCCCCC(OC(=O)C[N+](C)(C)CCOC(C)=O)C(O)CC=CCCCCCCCC(=O)NCCCCCCCCCCNC(=O)[N+](C)(C)CCOC(C)=O. The lowest BCUT2D eigenvalue weighted by Gasteiger charge is -2.30. The third kappa shape index (κ3) is 32.1. The van der Waals surface area contributed by atoms with Crippen molar-refractivity contribution in [3.63, 3.8) is 0 Å². The Morgan fingerprint density at radius 2 is 1.20 bits per heavy atom. The third-order valence-corrected chi connectivity index (χ3v) is 9.89. The molecule has 0 aliphatic carbocycles. The Kier molecular flexibility index (Phi) is 31.2. The topological polar surface area (TPSA) is 157 Å². The van der Waals surface area contributed by atoms with Gasteiger partial charge in [0, 0.05) is 33.4 Å². The molecule has 3 N–H and O–H groups in total. The monoisotopic (exact) mass is 799 g/mol. The number of likely N-dealkylation sites (N-methyl/N-ethyl adjacent to an activating group) is 2. The van der Waals surface area contributed by atoms with Crippen molar-refractivity contribution in [1.29, 1.82) is 0 Å². The normalized spacial score (nSPS) is 12.9. The Balaban J connectivity index is 3.91. The van der Waals surface area contributed by atoms with Gasteiger partial charge in [-0.2, -0.15) is 0 Å². The number of amides is 3. The highest BCUT2D eigenvalue weighted by Crippen LogP contribution is 2.16. The highest BCUT2D eigenvalue weighted by atomic mass is 16.6. The van der Waals surface area contributed by atoms with Crippen LogP contribution in [-0.4, -0.2) is 130 Å². The predicted molar refractivity (Wildman–Crippen MR) is 222 cm³/mol. The number of carbonyl (C=O) groups excluding carboxylic acids is 5. The van der Waals surface area contributed by atoms with Gasteiger partial charge in [-0.05, 0) is 51.4 Å². The largest absolute Gasteiger partial charge is 0.460 e. The molecule has 0 spiro atoms. The van der Waals surface area contributed by atoms with Crippen LogP contribution in [0.4, 0.5) is 4.79 Å². The van der Waals surface area contributed by atoms with E-state index >= 15 is 0 Å². The molecule has 13 heteroatoms. The number of nitrogens with zero attached hydrogens (tertiary/aromatic N) is 2. The van der Waals surface area contributed by atoms with Crippen molar-refractivity contribution in [2.24, 2.45) is 0 Å². The summed E-state index contributed by atoms with van der Waals surface area (Å²) in [5, 5.41) is 16.9. The van der Waals surface area contributed by atoms with Gasteiger partial charge in [-0.1, -0.05) is 89.7 Å². The molecule has 2 atom stereocenters. The first-order valence-corrected chi connectivity index (χ1v) is 21.6. The minimum atomic E-state index is -0.753. The summed E-state index contributed by atoms with van der Waals surface area (Å²) in [6.07, 6.45) is 22.4. The molecule has 0 rings (SSSR count). The second-order valence-corrected chi connectivity index (χ2v) is 16.4. The van der Waals surface area contributed by atoms with E-state index in [1.165, 1.54) is 33.1 Å². The molecule has 0 aliphatic rings. The zero-order chi connectivity index (χ0) is 42.1. The van der Waals surface area contributed by atoms with E-state index in [0.717, 1.165) is 96.4 Å². The van der Waals surface area contributed by atoms with Gasteiger partial charge in [0.15, 0.2) is 6.54 Å². The number of hydrogen-bond donors (Lipinski definition) is 3. The Morgan fingerprint density at radius 1 is 0.661 bits per heavy atom. The summed E-state index contributed by atoms with van der Waals surface area (Å²) in [7, 11) is 7.39. The summed E-state index contributed by atoms with van der Waals surface area (Å²) < 4.78 is 16.2. The maximum atomic E-state index is 12.7. The first-order valence-electron chi connectivity index (χ1n) is 21.6. The molecule has 0 aliphatic heterocycles. The zero-order valence-electron chi connectivity index (χ0n) is 36.5. The van der Waals surface area contributed by atoms with Crippen molar-refractivity contribution in [3.8, 4) is 0 Å². The number of aliphatic hydroxyl groups excluding tert-OH is 1. The first kappa shape index (κ1) is 53.0. The summed E-state index contributed by atoms with van der Waals surface area (Å²) in [4.78, 5) is 59.3. The molecule has 3 amide bonds. The molecule has 0 fully saturated rings. The Bertz CT molecular complexity index is 1110. The van der Waals surface area contributed by atoms with Gasteiger partial charge >= 0.3 is 23.9 Å². The number of aliphatic hydroxyl groups is 1. The molecule has 2 unspecified atom stereocenters. The number of hydrogen-bond acceptors (Lipinski definition) is 9. The summed E-state index contributed by atoms with van der Waals surface area (Å²) in [6, 6.07) is -0.0609. The average molecular weight is 799 g/mol. The number of rotatable bonds is 35. The Hall–Kier alpha value is -3.03. The van der Waals surface area contributed by atoms with Crippen LogP contribution in [0.5, 0.6) is 0 Å². The van der Waals surface area contributed by atoms with Crippen molar-refractivity contribution >= 4 is 29.8 Å². The molecule has 0 aromatic rings. The number of esters is 3. The molecule has 0 aromatic heterocycles. The van der Waals surface area contributed by atoms with Gasteiger partial charge in [-0.3, -0.25) is 14.4 Å². The molecule has 0 saturated carbocycles. The Morgan fingerprint density at radius 3 is 1.79 bits per heavy atom. The van der Waals surface area contributed by atoms with Crippen LogP contribution >= 0.6 is 0 Å². The molecule has 0 bridgehead atoms. The minimum Gasteiger partial charge on any atom is -0.460 e. The van der Waals surface area contributed by atoms with Crippen molar-refractivity contribution < 1.29 is 52.3 Å². The summed E-state index contributed by atoms with van der Waals surface area (Å²) in [6.45, 7) is 7.79. The van der Waals surface area contributed by atoms with Crippen LogP contribution in [0.2, 0.25) is 0 Å². The summed E-state index contributed by atoms with van der Waals surface area (Å²) in [5.41, 5.74) is 0. The summed E-state index contributed by atoms with van der Waals surface area (Å²) in [5.74, 6) is -0.890. The number of nitrogens with one attached hydrogen (secondary N) is 2. The van der Waals surface area contributed by atoms with Crippen molar-refractivity contribution in [3.05, 3.63) is 12.2 Å². The fourth-order valence-electron chi connectivity index (χ4n) is 6.14. The highest BCUT2D eigenvalue weighted by Gasteiger charge is 2.28. The lowest BCUT2D eigenvalue weighted by Crippen LogP contribution is -2.53. The van der Waals surface area contributed by atoms with Gasteiger partial charge in [-0.25, -0.2) is 14.1 Å². The van der Waals surface area contributed by atoms with Crippen LogP contribution in [0.3, 0.4) is 0 Å². The van der Waals surface area contributed by atoms with E-state index < -0.39 is 12.2 Å². The van der Waals surface area contributed by atoms with Gasteiger partial charge in [0.05, 0.1) is 34.3 Å². The van der Waals surface area contributed by atoms with E-state index in [0.29, 0.717) is 43.4 Å². The molecule has 0 heterocycles. The number of quaternary nitrogens is 2. The van der Waals surface area contributed by atoms with E-state index in [1.807, 2.05) is 34.3 Å². The fourth-order valence-corrected chi connectivity index (χ4v) is 6.14. The number of carbonyl (C=O) groups is 5. The van der Waals surface area contributed by atoms with E-state index in [4.69, 9.17) is 14.2 Å². The number of unbranched alkanes of at least 4 members (excludes halogenated alkanes) is 14. The number of urea groups is 1. The van der Waals surface area contributed by atoms with Gasteiger partial charge < -0.3 is 34.4 Å². The maximum Gasteiger partial charge on any atom is 0.416 e. The molecule has 0 aromatic carbocycles. The number of allylic oxidation sites excluding steroid dienone is 1. The van der Waals surface area contributed by atoms with Gasteiger partial charge in [0.25, 0.3) is 0 Å². The van der Waals surface area contributed by atoms with Crippen LogP contribution in [0, 0.1) is 0 Å². The van der Waals surface area contributed by atoms with Gasteiger partial charge in [0.1, 0.15) is 32.4 Å². The Labute approximate surface area is 339 Å². The molecule has 0 radical (unpaired) electrons. The predicted octanol–water partition coefficient (Wildman–Crippen LogP) is 6.74. The third-order valence-electron chi connectivity index (χ3n) is 9.89. The van der Waals surface area contributed by atoms with E-state index in [2.05, 4.69) is 23.6 Å². The molecule has 326 valence electrons. The minimum absolute atomic E-state index is 0.0609. The average Bonchev–Trinajstić information content (AvgIpc) is 3.11. The molecular formula is C43H82N4O9+2. The van der Waals surface area contributed by atoms with Crippen LogP contribution in [0.1, 0.15) is 149 Å². The van der Waals surface area contributed by atoms with E-state index in [1.54, 1.807) is 0 Å². The number of ether oxygens (including phenoxy) is 3. The van der Waals surface area contributed by atoms with Crippen LogP contribution in [0.25, 0.3) is 0 Å². The van der Waals surface area contributed by atoms with Crippen molar-refractivity contribution in [2.75, 3.05) is 74.1 Å². The second kappa shape index (κ2) is 33.0. The maximum absolute atomic E-state index is 12.7. The van der Waals surface area contributed by atoms with Crippen LogP contribution in [-0.2, 0) is 33.4 Å². The molecule has 13 nitrogen and oxygen atoms in total. The lowest BCUT2D eigenvalue weighted by atomic mass is 10.0. The van der Waals surface area contributed by atoms with Gasteiger partial charge in [0.2, 0.25) is 5.91 Å².